The number of aliphatic hydroxyl groups is 1. The highest BCUT2D eigenvalue weighted by Gasteiger charge is 2.18. The topological polar surface area (TPSA) is 38.7 Å². The number of hydrogen-bond acceptors (Lipinski definition) is 4. The summed E-state index contributed by atoms with van der Waals surface area (Å²) in [5.74, 6) is 1.96. The molecule has 0 spiro atoms. The Morgan fingerprint density at radius 2 is 2.21 bits per heavy atom. The number of hydrogen-bond donors (Lipinski definition) is 2. The van der Waals surface area contributed by atoms with Crippen molar-refractivity contribution in [3.8, 4) is 0 Å². The van der Waals surface area contributed by atoms with Crippen molar-refractivity contribution in [2.45, 2.75) is 18.1 Å². The van der Waals surface area contributed by atoms with E-state index in [-0.39, 0.29) is 18.1 Å². The van der Waals surface area contributed by atoms with Crippen LogP contribution in [0.15, 0.2) is 24.4 Å². The van der Waals surface area contributed by atoms with Crippen LogP contribution in [-0.4, -0.2) is 30.7 Å². The molecule has 1 aliphatic heterocycles. The normalized spacial score (nSPS) is 19.9. The fourth-order valence-corrected chi connectivity index (χ4v) is 1.46. The van der Waals surface area contributed by atoms with Crippen molar-refractivity contribution >= 4 is 19.7 Å². The summed E-state index contributed by atoms with van der Waals surface area (Å²) >= 11 is 4.25. The Bertz CT molecular complexity index is 214. The van der Waals surface area contributed by atoms with Crippen molar-refractivity contribution < 1.29 is 14.4 Å². The molecule has 0 saturated carbocycles. The molecule has 1 saturated heterocycles. The Morgan fingerprint density at radius 1 is 1.57 bits per heavy atom. The number of thiol groups is 1. The predicted octanol–water partition coefficient (Wildman–Crippen LogP) is 1.77. The van der Waals surface area contributed by atoms with Gasteiger partial charge in [-0.3, -0.25) is 0 Å². The fourth-order valence-electron chi connectivity index (χ4n) is 1.15. The molecule has 78 valence electrons. The van der Waals surface area contributed by atoms with E-state index in [9.17, 15) is 0 Å². The number of aliphatic hydroxyl groups excluding tert-OH is 1. The molecule has 0 aliphatic carbocycles. The molecular weight excluding hydrogens is 199 g/mol. The smallest absolute Gasteiger partial charge is 0.485 e. The van der Waals surface area contributed by atoms with Gasteiger partial charge in [-0.25, -0.2) is 0 Å². The average molecular weight is 214 g/mol. The maximum absolute atomic E-state index is 8.92. The van der Waals surface area contributed by atoms with Crippen LogP contribution in [0.3, 0.4) is 0 Å². The van der Waals surface area contributed by atoms with Gasteiger partial charge in [0.05, 0.1) is 5.76 Å². The zero-order chi connectivity index (χ0) is 10.4. The number of allylic oxidation sites excluding steroid dienone is 1. The van der Waals surface area contributed by atoms with Crippen LogP contribution in [0.4, 0.5) is 0 Å². The Kier molecular flexibility index (Phi) is 5.15. The molecule has 3 nitrogen and oxygen atoms in total. The van der Waals surface area contributed by atoms with Gasteiger partial charge in [-0.05, 0) is 6.42 Å². The maximum atomic E-state index is 8.92. The van der Waals surface area contributed by atoms with Crippen LogP contribution in [-0.2, 0) is 9.31 Å². The van der Waals surface area contributed by atoms with Gasteiger partial charge in [0.15, 0.2) is 0 Å². The highest BCUT2D eigenvalue weighted by molar-refractivity contribution is 7.81. The lowest BCUT2D eigenvalue weighted by Gasteiger charge is -2.17. The van der Waals surface area contributed by atoms with Crippen LogP contribution < -0.4 is 0 Å². The fraction of sp³-hybridized carbons (Fsp3) is 0.556. The van der Waals surface area contributed by atoms with Gasteiger partial charge < -0.3 is 14.4 Å². The van der Waals surface area contributed by atoms with Crippen molar-refractivity contribution in [1.29, 1.82) is 0 Å². The van der Waals surface area contributed by atoms with Crippen molar-refractivity contribution in [2.24, 2.45) is 0 Å². The molecule has 0 aromatic heterocycles. The van der Waals surface area contributed by atoms with Gasteiger partial charge in [-0.2, -0.15) is 12.6 Å². The SMILES string of the molecule is C=C(O)CC(S)/C=C/B1OCCCO1. The minimum absolute atomic E-state index is 0.0402. The quantitative estimate of drug-likeness (QED) is 0.425. The van der Waals surface area contributed by atoms with E-state index in [0.29, 0.717) is 6.42 Å². The van der Waals surface area contributed by atoms with E-state index in [0.717, 1.165) is 19.6 Å². The zero-order valence-corrected chi connectivity index (χ0v) is 8.95. The molecule has 0 aromatic carbocycles. The summed E-state index contributed by atoms with van der Waals surface area (Å²) in [7, 11) is -0.259. The number of rotatable bonds is 4. The first kappa shape index (κ1) is 11.7. The summed E-state index contributed by atoms with van der Waals surface area (Å²) in [6.45, 7) is 4.87. The molecule has 1 unspecified atom stereocenters. The second-order valence-electron chi connectivity index (χ2n) is 3.19. The predicted molar refractivity (Wildman–Crippen MR) is 60.6 cm³/mol. The van der Waals surface area contributed by atoms with E-state index in [1.807, 2.05) is 12.1 Å². The van der Waals surface area contributed by atoms with Crippen LogP contribution in [0.2, 0.25) is 0 Å². The maximum Gasteiger partial charge on any atom is 0.485 e. The molecule has 0 aromatic rings. The van der Waals surface area contributed by atoms with E-state index < -0.39 is 0 Å². The van der Waals surface area contributed by atoms with Crippen molar-refractivity contribution in [2.75, 3.05) is 13.2 Å². The molecule has 1 rings (SSSR count). The second-order valence-corrected chi connectivity index (χ2v) is 3.85. The molecular formula is C9H15BO3S. The van der Waals surface area contributed by atoms with Crippen molar-refractivity contribution in [1.82, 2.24) is 0 Å². The first-order valence-corrected chi connectivity index (χ1v) is 5.16. The highest BCUT2D eigenvalue weighted by Crippen LogP contribution is 2.09. The third kappa shape index (κ3) is 4.74. The molecule has 0 bridgehead atoms. The van der Waals surface area contributed by atoms with E-state index in [1.165, 1.54) is 0 Å². The second kappa shape index (κ2) is 6.16. The monoisotopic (exact) mass is 214 g/mol. The van der Waals surface area contributed by atoms with Gasteiger partial charge in [-0.15, -0.1) is 0 Å². The molecule has 5 heteroatoms. The third-order valence-corrected chi connectivity index (χ3v) is 2.14. The van der Waals surface area contributed by atoms with E-state index in [2.05, 4.69) is 19.2 Å². The lowest BCUT2D eigenvalue weighted by atomic mass is 9.88. The molecule has 1 fully saturated rings. The standard InChI is InChI=1S/C9H15BO3S/c1-8(11)7-9(14)3-4-10-12-5-2-6-13-10/h3-4,9,11,14H,1-2,5-7H2/b4-3+. The summed E-state index contributed by atoms with van der Waals surface area (Å²) in [6.07, 6.45) is 3.24. The Balaban J connectivity index is 2.26. The molecule has 1 heterocycles. The lowest BCUT2D eigenvalue weighted by molar-refractivity contribution is 0.142. The average Bonchev–Trinajstić information content (AvgIpc) is 2.15. The van der Waals surface area contributed by atoms with E-state index in [1.54, 1.807) is 0 Å². The Labute approximate surface area is 90.3 Å². The summed E-state index contributed by atoms with van der Waals surface area (Å²) < 4.78 is 10.6. The molecule has 1 N–H and O–H groups in total. The minimum atomic E-state index is -0.259. The third-order valence-electron chi connectivity index (χ3n) is 1.79. The van der Waals surface area contributed by atoms with Crippen LogP contribution >= 0.6 is 12.6 Å². The van der Waals surface area contributed by atoms with Crippen LogP contribution in [0, 0.1) is 0 Å². The Morgan fingerprint density at radius 3 is 2.79 bits per heavy atom. The summed E-state index contributed by atoms with van der Waals surface area (Å²) in [5.41, 5.74) is 0. The van der Waals surface area contributed by atoms with Gasteiger partial charge >= 0.3 is 7.12 Å². The Hall–Kier alpha value is -0.385. The molecule has 1 atom stereocenters. The van der Waals surface area contributed by atoms with Crippen molar-refractivity contribution in [3.05, 3.63) is 24.4 Å². The van der Waals surface area contributed by atoms with Crippen LogP contribution in [0.5, 0.6) is 0 Å². The lowest BCUT2D eigenvalue weighted by Crippen LogP contribution is -2.28. The molecule has 0 radical (unpaired) electrons. The first-order chi connectivity index (χ1) is 6.68. The molecule has 0 amide bonds. The van der Waals surface area contributed by atoms with Gasteiger partial charge in [0.1, 0.15) is 0 Å². The molecule has 1 aliphatic rings. The summed E-state index contributed by atoms with van der Waals surface area (Å²) in [6, 6.07) is 0. The van der Waals surface area contributed by atoms with Gasteiger partial charge in [0.25, 0.3) is 0 Å². The van der Waals surface area contributed by atoms with Gasteiger partial charge in [0, 0.05) is 24.9 Å². The zero-order valence-electron chi connectivity index (χ0n) is 8.06. The summed E-state index contributed by atoms with van der Waals surface area (Å²) in [4.78, 5) is 0. The van der Waals surface area contributed by atoms with Crippen LogP contribution in [0.25, 0.3) is 0 Å². The van der Waals surface area contributed by atoms with Crippen molar-refractivity contribution in [3.63, 3.8) is 0 Å². The van der Waals surface area contributed by atoms with Crippen LogP contribution in [0.1, 0.15) is 12.8 Å². The van der Waals surface area contributed by atoms with Gasteiger partial charge in [0.2, 0.25) is 0 Å². The molecule has 14 heavy (non-hydrogen) atoms. The largest absolute Gasteiger partial charge is 0.513 e. The summed E-state index contributed by atoms with van der Waals surface area (Å²) in [5, 5.41) is 8.88. The van der Waals surface area contributed by atoms with E-state index in [4.69, 9.17) is 14.4 Å². The van der Waals surface area contributed by atoms with E-state index >= 15 is 0 Å². The minimum Gasteiger partial charge on any atom is -0.513 e. The first-order valence-electron chi connectivity index (χ1n) is 4.65. The van der Waals surface area contributed by atoms with Gasteiger partial charge in [-0.1, -0.05) is 18.6 Å². The highest BCUT2D eigenvalue weighted by atomic mass is 32.1.